The van der Waals surface area contributed by atoms with E-state index >= 15 is 0 Å². The van der Waals surface area contributed by atoms with Gasteiger partial charge in [-0.2, -0.15) is 0 Å². The fourth-order valence-corrected chi connectivity index (χ4v) is 1.79. The van der Waals surface area contributed by atoms with Crippen molar-refractivity contribution in [3.63, 3.8) is 0 Å². The van der Waals surface area contributed by atoms with Crippen molar-refractivity contribution in [3.05, 3.63) is 39.5 Å². The molecule has 0 saturated carbocycles. The zero-order valence-electron chi connectivity index (χ0n) is 7.42. The molecular formula is C10H11IN2. The highest BCUT2D eigenvalue weighted by Crippen LogP contribution is 2.19. The van der Waals surface area contributed by atoms with Gasteiger partial charge in [0.25, 0.3) is 0 Å². The molecule has 0 fully saturated rings. The van der Waals surface area contributed by atoms with Crippen molar-refractivity contribution in [1.29, 1.82) is 0 Å². The second-order valence-corrected chi connectivity index (χ2v) is 4.26. The van der Waals surface area contributed by atoms with E-state index in [-0.39, 0.29) is 0 Å². The highest BCUT2D eigenvalue weighted by Gasteiger charge is 2.11. The summed E-state index contributed by atoms with van der Waals surface area (Å²) in [5.41, 5.74) is 5.75. The van der Waals surface area contributed by atoms with E-state index in [2.05, 4.69) is 63.4 Å². The summed E-state index contributed by atoms with van der Waals surface area (Å²) in [4.78, 5) is 0. The maximum absolute atomic E-state index is 3.22. The Balaban J connectivity index is 2.30. The molecule has 1 aliphatic heterocycles. The van der Waals surface area contributed by atoms with Crippen LogP contribution in [0.25, 0.3) is 5.70 Å². The van der Waals surface area contributed by atoms with E-state index in [1.54, 1.807) is 0 Å². The minimum Gasteiger partial charge on any atom is -0.311 e. The summed E-state index contributed by atoms with van der Waals surface area (Å²) in [6, 6.07) is 8.56. The van der Waals surface area contributed by atoms with E-state index in [0.717, 1.165) is 6.54 Å². The lowest BCUT2D eigenvalue weighted by Gasteiger charge is -2.16. The molecule has 0 saturated heterocycles. The number of halogens is 1. The van der Waals surface area contributed by atoms with Gasteiger partial charge in [0, 0.05) is 17.2 Å². The molecule has 1 aromatic carbocycles. The van der Waals surface area contributed by atoms with Crippen LogP contribution >= 0.6 is 22.6 Å². The highest BCUT2D eigenvalue weighted by molar-refractivity contribution is 14.1. The molecule has 13 heavy (non-hydrogen) atoms. The van der Waals surface area contributed by atoms with E-state index in [9.17, 15) is 0 Å². The fraction of sp³-hybridized carbons (Fsp3) is 0.200. The summed E-state index contributed by atoms with van der Waals surface area (Å²) in [5, 5.41) is 2.06. The molecule has 68 valence electrons. The Labute approximate surface area is 91.7 Å². The maximum Gasteiger partial charge on any atom is 0.0562 e. The van der Waals surface area contributed by atoms with Gasteiger partial charge in [0.15, 0.2) is 0 Å². The van der Waals surface area contributed by atoms with E-state index in [1.165, 1.54) is 14.8 Å². The molecule has 0 unspecified atom stereocenters. The summed E-state index contributed by atoms with van der Waals surface area (Å²) in [5.74, 6) is 0. The summed E-state index contributed by atoms with van der Waals surface area (Å²) >= 11 is 2.32. The lowest BCUT2D eigenvalue weighted by Crippen LogP contribution is -2.26. The number of hydrogen-bond donors (Lipinski definition) is 1. The molecule has 2 rings (SSSR count). The van der Waals surface area contributed by atoms with Crippen LogP contribution in [0, 0.1) is 3.57 Å². The quantitative estimate of drug-likeness (QED) is 0.795. The first kappa shape index (κ1) is 9.02. The third kappa shape index (κ3) is 1.86. The molecule has 1 heterocycles. The molecule has 1 aliphatic rings. The van der Waals surface area contributed by atoms with Gasteiger partial charge in [0.2, 0.25) is 0 Å². The van der Waals surface area contributed by atoms with Crippen molar-refractivity contribution in [1.82, 2.24) is 10.4 Å². The van der Waals surface area contributed by atoms with Gasteiger partial charge < -0.3 is 5.01 Å². The number of benzene rings is 1. The van der Waals surface area contributed by atoms with E-state index in [1.807, 2.05) is 7.05 Å². The predicted octanol–water partition coefficient (Wildman–Crippen LogP) is 2.08. The smallest absolute Gasteiger partial charge is 0.0562 e. The Hall–Kier alpha value is -0.550. The van der Waals surface area contributed by atoms with Crippen LogP contribution in [0.2, 0.25) is 0 Å². The fourth-order valence-electron chi connectivity index (χ4n) is 1.43. The van der Waals surface area contributed by atoms with Crippen LogP contribution in [0.1, 0.15) is 5.56 Å². The average Bonchev–Trinajstić information content (AvgIpc) is 2.53. The largest absolute Gasteiger partial charge is 0.311 e. The Morgan fingerprint density at radius 3 is 2.54 bits per heavy atom. The van der Waals surface area contributed by atoms with Gasteiger partial charge >= 0.3 is 0 Å². The molecule has 3 heteroatoms. The van der Waals surface area contributed by atoms with Crippen LogP contribution in [0.3, 0.4) is 0 Å². The summed E-state index contributed by atoms with van der Waals surface area (Å²) in [6.07, 6.45) is 2.20. The van der Waals surface area contributed by atoms with Gasteiger partial charge in [0.05, 0.1) is 5.70 Å². The second kappa shape index (κ2) is 3.67. The third-order valence-corrected chi connectivity index (χ3v) is 2.84. The van der Waals surface area contributed by atoms with Gasteiger partial charge in [-0.05, 0) is 46.4 Å². The molecule has 2 nitrogen and oxygen atoms in total. The van der Waals surface area contributed by atoms with Crippen molar-refractivity contribution in [2.45, 2.75) is 0 Å². The summed E-state index contributed by atoms with van der Waals surface area (Å²) in [7, 11) is 2.04. The van der Waals surface area contributed by atoms with Gasteiger partial charge in [-0.3, -0.25) is 0 Å². The Bertz CT molecular complexity index is 329. The topological polar surface area (TPSA) is 15.3 Å². The number of nitrogens with zero attached hydrogens (tertiary/aromatic N) is 1. The molecule has 0 atom stereocenters. The minimum atomic E-state index is 0.928. The molecule has 1 N–H and O–H groups in total. The van der Waals surface area contributed by atoms with Crippen molar-refractivity contribution in [2.24, 2.45) is 0 Å². The Morgan fingerprint density at radius 1 is 1.31 bits per heavy atom. The number of hydrazine groups is 1. The molecule has 0 amide bonds. The molecule has 1 aromatic rings. The summed E-state index contributed by atoms with van der Waals surface area (Å²) < 4.78 is 1.27. The lowest BCUT2D eigenvalue weighted by molar-refractivity contribution is 0.392. The number of hydrogen-bond acceptors (Lipinski definition) is 2. The summed E-state index contributed by atoms with van der Waals surface area (Å²) in [6.45, 7) is 0.928. The van der Waals surface area contributed by atoms with Gasteiger partial charge in [-0.25, -0.2) is 5.43 Å². The van der Waals surface area contributed by atoms with Crippen LogP contribution in [0.15, 0.2) is 30.3 Å². The monoisotopic (exact) mass is 286 g/mol. The normalized spacial score (nSPS) is 16.2. The van der Waals surface area contributed by atoms with Crippen molar-refractivity contribution < 1.29 is 0 Å². The van der Waals surface area contributed by atoms with E-state index in [0.29, 0.717) is 0 Å². The van der Waals surface area contributed by atoms with Crippen LogP contribution < -0.4 is 5.43 Å². The van der Waals surface area contributed by atoms with Crippen molar-refractivity contribution in [2.75, 3.05) is 13.6 Å². The lowest BCUT2D eigenvalue weighted by atomic mass is 10.1. The molecular weight excluding hydrogens is 275 g/mol. The van der Waals surface area contributed by atoms with Gasteiger partial charge in [-0.15, -0.1) is 0 Å². The highest BCUT2D eigenvalue weighted by atomic mass is 127. The Kier molecular flexibility index (Phi) is 2.55. The zero-order valence-corrected chi connectivity index (χ0v) is 9.58. The Morgan fingerprint density at radius 2 is 2.00 bits per heavy atom. The maximum atomic E-state index is 3.22. The second-order valence-electron chi connectivity index (χ2n) is 3.02. The van der Waals surface area contributed by atoms with Gasteiger partial charge in [-0.1, -0.05) is 12.1 Å². The SMILES string of the molecule is CN1NCC=C1c1ccc(I)cc1. The zero-order chi connectivity index (χ0) is 9.26. The van der Waals surface area contributed by atoms with Crippen LogP contribution in [-0.4, -0.2) is 18.6 Å². The molecule has 0 aromatic heterocycles. The molecule has 0 bridgehead atoms. The standard InChI is InChI=1S/C10H11IN2/c1-13-10(6-7-12-13)8-2-4-9(11)5-3-8/h2-6,12H,7H2,1H3. The predicted molar refractivity (Wildman–Crippen MR) is 62.9 cm³/mol. The van der Waals surface area contributed by atoms with Crippen molar-refractivity contribution in [3.8, 4) is 0 Å². The number of rotatable bonds is 1. The molecule has 0 radical (unpaired) electrons. The number of nitrogens with one attached hydrogen (secondary N) is 1. The van der Waals surface area contributed by atoms with Gasteiger partial charge in [0.1, 0.15) is 0 Å². The van der Waals surface area contributed by atoms with E-state index < -0.39 is 0 Å². The first-order valence-electron chi connectivity index (χ1n) is 4.21. The van der Waals surface area contributed by atoms with Crippen LogP contribution in [0.5, 0.6) is 0 Å². The van der Waals surface area contributed by atoms with Crippen LogP contribution in [-0.2, 0) is 0 Å². The first-order valence-corrected chi connectivity index (χ1v) is 5.28. The van der Waals surface area contributed by atoms with Crippen molar-refractivity contribution >= 4 is 28.3 Å². The molecule has 0 spiro atoms. The molecule has 0 aliphatic carbocycles. The first-order chi connectivity index (χ1) is 6.27. The van der Waals surface area contributed by atoms with Crippen LogP contribution in [0.4, 0.5) is 0 Å². The third-order valence-electron chi connectivity index (χ3n) is 2.13. The average molecular weight is 286 g/mol. The van der Waals surface area contributed by atoms with E-state index in [4.69, 9.17) is 0 Å². The minimum absolute atomic E-state index is 0.928.